The highest BCUT2D eigenvalue weighted by Gasteiger charge is 2.16. The third kappa shape index (κ3) is 3.18. The van der Waals surface area contributed by atoms with Crippen LogP contribution in [0.2, 0.25) is 0 Å². The SMILES string of the molecule is N=C(N)c1c(-c2ccc(Oc3ccccc3)cc2)nc2ccccc2c1N. The molecule has 0 aliphatic carbocycles. The summed E-state index contributed by atoms with van der Waals surface area (Å²) >= 11 is 0. The first-order valence-corrected chi connectivity index (χ1v) is 8.49. The molecule has 27 heavy (non-hydrogen) atoms. The first kappa shape index (κ1) is 16.6. The number of para-hydroxylation sites is 2. The zero-order valence-electron chi connectivity index (χ0n) is 14.5. The number of fused-ring (bicyclic) bond motifs is 1. The zero-order valence-corrected chi connectivity index (χ0v) is 14.5. The van der Waals surface area contributed by atoms with E-state index in [-0.39, 0.29) is 5.84 Å². The van der Waals surface area contributed by atoms with Crippen molar-refractivity contribution in [2.24, 2.45) is 5.73 Å². The van der Waals surface area contributed by atoms with Crippen molar-refractivity contribution in [2.45, 2.75) is 0 Å². The number of nitrogens with two attached hydrogens (primary N) is 2. The lowest BCUT2D eigenvalue weighted by Gasteiger charge is -2.14. The van der Waals surface area contributed by atoms with Crippen LogP contribution in [-0.4, -0.2) is 10.8 Å². The lowest BCUT2D eigenvalue weighted by Crippen LogP contribution is -2.16. The molecule has 5 N–H and O–H groups in total. The van der Waals surface area contributed by atoms with E-state index in [4.69, 9.17) is 26.6 Å². The van der Waals surface area contributed by atoms with Crippen LogP contribution in [0.4, 0.5) is 5.69 Å². The average Bonchev–Trinajstić information content (AvgIpc) is 2.69. The van der Waals surface area contributed by atoms with Gasteiger partial charge in [0.05, 0.1) is 22.5 Å². The van der Waals surface area contributed by atoms with E-state index in [9.17, 15) is 0 Å². The number of nitrogens with zero attached hydrogens (tertiary/aromatic N) is 1. The lowest BCUT2D eigenvalue weighted by molar-refractivity contribution is 0.483. The van der Waals surface area contributed by atoms with Crippen molar-refractivity contribution in [2.75, 3.05) is 5.73 Å². The topological polar surface area (TPSA) is 98.0 Å². The number of nitrogens with one attached hydrogen (secondary N) is 1. The average molecular weight is 354 g/mol. The molecule has 0 radical (unpaired) electrons. The van der Waals surface area contributed by atoms with Gasteiger partial charge in [-0.05, 0) is 42.5 Å². The first-order chi connectivity index (χ1) is 13.1. The van der Waals surface area contributed by atoms with E-state index in [1.165, 1.54) is 0 Å². The molecular weight excluding hydrogens is 336 g/mol. The molecule has 0 unspecified atom stereocenters. The number of hydrogen-bond donors (Lipinski definition) is 3. The van der Waals surface area contributed by atoms with E-state index in [0.29, 0.717) is 22.7 Å². The van der Waals surface area contributed by atoms with Crippen molar-refractivity contribution in [1.29, 1.82) is 5.41 Å². The van der Waals surface area contributed by atoms with Crippen LogP contribution in [-0.2, 0) is 0 Å². The molecule has 4 rings (SSSR count). The predicted octanol–water partition coefficient (Wildman–Crippen LogP) is 4.56. The Kier molecular flexibility index (Phi) is 4.18. The summed E-state index contributed by atoms with van der Waals surface area (Å²) in [5.41, 5.74) is 15.2. The zero-order chi connectivity index (χ0) is 18.8. The van der Waals surface area contributed by atoms with Crippen molar-refractivity contribution in [1.82, 2.24) is 4.98 Å². The number of amidine groups is 1. The van der Waals surface area contributed by atoms with Crippen LogP contribution in [0.5, 0.6) is 11.5 Å². The minimum absolute atomic E-state index is 0.106. The molecule has 0 aliphatic rings. The third-order valence-electron chi connectivity index (χ3n) is 4.31. The van der Waals surface area contributed by atoms with E-state index in [1.807, 2.05) is 78.9 Å². The van der Waals surface area contributed by atoms with Gasteiger partial charge in [0.15, 0.2) is 0 Å². The Morgan fingerprint density at radius 2 is 1.44 bits per heavy atom. The number of hydrogen-bond acceptors (Lipinski definition) is 4. The molecule has 0 saturated carbocycles. The Balaban J connectivity index is 1.77. The smallest absolute Gasteiger partial charge is 0.127 e. The minimum atomic E-state index is -0.106. The maximum atomic E-state index is 7.97. The van der Waals surface area contributed by atoms with Gasteiger partial charge in [0.25, 0.3) is 0 Å². The summed E-state index contributed by atoms with van der Waals surface area (Å²) in [7, 11) is 0. The Morgan fingerprint density at radius 1 is 0.815 bits per heavy atom. The Bertz CT molecular complexity index is 1120. The monoisotopic (exact) mass is 354 g/mol. The molecule has 0 fully saturated rings. The quantitative estimate of drug-likeness (QED) is 0.369. The van der Waals surface area contributed by atoms with Gasteiger partial charge in [0.2, 0.25) is 0 Å². The van der Waals surface area contributed by atoms with E-state index >= 15 is 0 Å². The molecule has 4 aromatic rings. The molecule has 0 bridgehead atoms. The summed E-state index contributed by atoms with van der Waals surface area (Å²) in [5.74, 6) is 1.37. The highest BCUT2D eigenvalue weighted by atomic mass is 16.5. The Morgan fingerprint density at radius 3 is 2.15 bits per heavy atom. The number of anilines is 1. The van der Waals surface area contributed by atoms with Gasteiger partial charge in [-0.1, -0.05) is 36.4 Å². The van der Waals surface area contributed by atoms with Gasteiger partial charge in [0.1, 0.15) is 17.3 Å². The van der Waals surface area contributed by atoms with Crippen molar-refractivity contribution < 1.29 is 4.74 Å². The first-order valence-electron chi connectivity index (χ1n) is 8.49. The van der Waals surface area contributed by atoms with Gasteiger partial charge >= 0.3 is 0 Å². The minimum Gasteiger partial charge on any atom is -0.457 e. The van der Waals surface area contributed by atoms with Gasteiger partial charge in [0, 0.05) is 10.9 Å². The van der Waals surface area contributed by atoms with Crippen LogP contribution in [0.15, 0.2) is 78.9 Å². The van der Waals surface area contributed by atoms with Crippen LogP contribution in [0.1, 0.15) is 5.56 Å². The summed E-state index contributed by atoms with van der Waals surface area (Å²) in [6.45, 7) is 0. The van der Waals surface area contributed by atoms with Gasteiger partial charge in [-0.15, -0.1) is 0 Å². The number of nitrogen functional groups attached to an aromatic ring is 2. The van der Waals surface area contributed by atoms with E-state index < -0.39 is 0 Å². The molecule has 0 saturated heterocycles. The molecule has 3 aromatic carbocycles. The highest BCUT2D eigenvalue weighted by Crippen LogP contribution is 2.33. The van der Waals surface area contributed by atoms with Gasteiger partial charge in [-0.2, -0.15) is 0 Å². The molecule has 132 valence electrons. The van der Waals surface area contributed by atoms with Crippen molar-refractivity contribution in [3.63, 3.8) is 0 Å². The van der Waals surface area contributed by atoms with Crippen LogP contribution in [0, 0.1) is 5.41 Å². The standard InChI is InChI=1S/C22H18N4O/c23-20-17-8-4-5-9-18(17)26-21(19(20)22(24)25)14-10-12-16(13-11-14)27-15-6-2-1-3-7-15/h1-13H,(H2,23,26)(H3,24,25). The summed E-state index contributed by atoms with van der Waals surface area (Å²) in [6, 6.07) is 24.6. The molecule has 5 nitrogen and oxygen atoms in total. The molecular formula is C22H18N4O. The number of aromatic nitrogens is 1. The van der Waals surface area contributed by atoms with Crippen LogP contribution in [0.3, 0.4) is 0 Å². The molecule has 0 amide bonds. The second kappa shape index (κ2) is 6.80. The fourth-order valence-electron chi connectivity index (χ4n) is 3.02. The maximum Gasteiger partial charge on any atom is 0.127 e. The number of rotatable bonds is 4. The van der Waals surface area contributed by atoms with Gasteiger partial charge in [-0.25, -0.2) is 4.98 Å². The maximum absolute atomic E-state index is 7.97. The normalized spacial score (nSPS) is 10.7. The second-order valence-corrected chi connectivity index (χ2v) is 6.12. The summed E-state index contributed by atoms with van der Waals surface area (Å²) < 4.78 is 5.83. The Hall–Kier alpha value is -3.86. The molecule has 5 heteroatoms. The number of benzene rings is 3. The molecule has 0 spiro atoms. The van der Waals surface area contributed by atoms with Crippen molar-refractivity contribution in [3.05, 3.63) is 84.4 Å². The summed E-state index contributed by atoms with van der Waals surface area (Å²) in [6.07, 6.45) is 0. The number of ether oxygens (including phenoxy) is 1. The van der Waals surface area contributed by atoms with Crippen LogP contribution >= 0.6 is 0 Å². The summed E-state index contributed by atoms with van der Waals surface area (Å²) in [4.78, 5) is 4.70. The lowest BCUT2D eigenvalue weighted by atomic mass is 10.00. The fraction of sp³-hybridized carbons (Fsp3) is 0. The van der Waals surface area contributed by atoms with Crippen molar-refractivity contribution in [3.8, 4) is 22.8 Å². The van der Waals surface area contributed by atoms with Crippen LogP contribution in [0.25, 0.3) is 22.2 Å². The Labute approximate surface area is 156 Å². The van der Waals surface area contributed by atoms with E-state index in [0.717, 1.165) is 22.2 Å². The van der Waals surface area contributed by atoms with E-state index in [2.05, 4.69) is 0 Å². The fourth-order valence-corrected chi connectivity index (χ4v) is 3.02. The highest BCUT2D eigenvalue weighted by molar-refractivity contribution is 6.11. The van der Waals surface area contributed by atoms with Crippen LogP contribution < -0.4 is 16.2 Å². The molecule has 1 heterocycles. The van der Waals surface area contributed by atoms with E-state index in [1.54, 1.807) is 0 Å². The summed E-state index contributed by atoms with van der Waals surface area (Å²) in [5, 5.41) is 8.75. The predicted molar refractivity (Wildman–Crippen MR) is 109 cm³/mol. The largest absolute Gasteiger partial charge is 0.457 e. The molecule has 0 atom stereocenters. The van der Waals surface area contributed by atoms with Crippen molar-refractivity contribution >= 4 is 22.4 Å². The third-order valence-corrected chi connectivity index (χ3v) is 4.31. The molecule has 1 aromatic heterocycles. The van der Waals surface area contributed by atoms with Gasteiger partial charge in [-0.3, -0.25) is 5.41 Å². The second-order valence-electron chi connectivity index (χ2n) is 6.12. The van der Waals surface area contributed by atoms with Gasteiger partial charge < -0.3 is 16.2 Å². The number of pyridine rings is 1. The molecule has 0 aliphatic heterocycles.